The van der Waals surface area contributed by atoms with Gasteiger partial charge in [-0.1, -0.05) is 83.3 Å². The third-order valence-electron chi connectivity index (χ3n) is 4.35. The Morgan fingerprint density at radius 2 is 1.39 bits per heavy atom. The van der Waals surface area contributed by atoms with E-state index >= 15 is 0 Å². The van der Waals surface area contributed by atoms with Gasteiger partial charge >= 0.3 is 5.97 Å². The van der Waals surface area contributed by atoms with E-state index in [1.54, 1.807) is 42.5 Å². The van der Waals surface area contributed by atoms with E-state index in [1.165, 1.54) is 31.2 Å². The second-order valence-electron chi connectivity index (χ2n) is 6.52. The first-order valence-electron chi connectivity index (χ1n) is 9.13. The highest BCUT2D eigenvalue weighted by molar-refractivity contribution is 6.44. The Morgan fingerprint density at radius 1 is 0.806 bits per heavy atom. The zero-order chi connectivity index (χ0) is 22.5. The van der Waals surface area contributed by atoms with Crippen molar-refractivity contribution in [3.63, 3.8) is 0 Å². The zero-order valence-corrected chi connectivity index (χ0v) is 18.5. The molecule has 3 aromatic carbocycles. The second-order valence-corrected chi connectivity index (χ2v) is 7.75. The van der Waals surface area contributed by atoms with Crippen molar-refractivity contribution in [3.8, 4) is 0 Å². The average molecular weight is 477 g/mol. The van der Waals surface area contributed by atoms with Gasteiger partial charge < -0.3 is 10.1 Å². The van der Waals surface area contributed by atoms with Gasteiger partial charge in [-0.2, -0.15) is 0 Å². The van der Waals surface area contributed by atoms with Crippen LogP contribution < -0.4 is 5.32 Å². The Kier molecular flexibility index (Phi) is 7.33. The van der Waals surface area contributed by atoms with E-state index in [-0.39, 0.29) is 37.7 Å². The van der Waals surface area contributed by atoms with Crippen LogP contribution in [0.4, 0.5) is 5.69 Å². The molecule has 0 heterocycles. The molecule has 1 amide bonds. The fraction of sp³-hybridized carbons (Fsp3) is 0.0870. The van der Waals surface area contributed by atoms with Crippen LogP contribution >= 0.6 is 34.8 Å². The largest absolute Gasteiger partial charge is 0.449 e. The van der Waals surface area contributed by atoms with Gasteiger partial charge in [-0.3, -0.25) is 9.59 Å². The van der Waals surface area contributed by atoms with Crippen molar-refractivity contribution in [2.24, 2.45) is 0 Å². The number of rotatable bonds is 6. The number of hydrogen-bond acceptors (Lipinski definition) is 4. The molecule has 1 atom stereocenters. The molecule has 0 fully saturated rings. The summed E-state index contributed by atoms with van der Waals surface area (Å²) in [7, 11) is 0. The molecule has 0 radical (unpaired) electrons. The molecule has 0 saturated carbocycles. The van der Waals surface area contributed by atoms with E-state index in [1.807, 2.05) is 0 Å². The maximum absolute atomic E-state index is 12.8. The van der Waals surface area contributed by atoms with Gasteiger partial charge in [0.2, 0.25) is 0 Å². The molecule has 0 spiro atoms. The fourth-order valence-corrected chi connectivity index (χ4v) is 3.33. The van der Waals surface area contributed by atoms with E-state index in [9.17, 15) is 14.4 Å². The monoisotopic (exact) mass is 475 g/mol. The molecule has 8 heteroatoms. The first-order valence-corrected chi connectivity index (χ1v) is 10.3. The van der Waals surface area contributed by atoms with Crippen LogP contribution in [-0.4, -0.2) is 23.8 Å². The highest BCUT2D eigenvalue weighted by Gasteiger charge is 2.24. The molecule has 0 aliphatic rings. The summed E-state index contributed by atoms with van der Waals surface area (Å²) in [4.78, 5) is 38.0. The van der Waals surface area contributed by atoms with Crippen molar-refractivity contribution < 1.29 is 19.1 Å². The fourth-order valence-electron chi connectivity index (χ4n) is 2.73. The third-order valence-corrected chi connectivity index (χ3v) is 5.38. The van der Waals surface area contributed by atoms with Crippen LogP contribution in [0.1, 0.15) is 33.2 Å². The van der Waals surface area contributed by atoms with Crippen molar-refractivity contribution in [1.29, 1.82) is 0 Å². The molecule has 1 unspecified atom stereocenters. The minimum Gasteiger partial charge on any atom is -0.449 e. The number of nitrogens with one attached hydrogen (secondary N) is 1. The number of esters is 1. The van der Waals surface area contributed by atoms with Gasteiger partial charge in [-0.25, -0.2) is 4.79 Å². The number of benzene rings is 3. The highest BCUT2D eigenvalue weighted by Crippen LogP contribution is 2.32. The first kappa shape index (κ1) is 22.8. The van der Waals surface area contributed by atoms with Crippen molar-refractivity contribution in [2.45, 2.75) is 13.0 Å². The maximum atomic E-state index is 12.8. The lowest BCUT2D eigenvalue weighted by Gasteiger charge is -2.16. The molecule has 158 valence electrons. The van der Waals surface area contributed by atoms with E-state index in [0.29, 0.717) is 5.56 Å². The molecular formula is C23H16Cl3NO4. The van der Waals surface area contributed by atoms with Crippen LogP contribution in [0.5, 0.6) is 0 Å². The molecule has 0 saturated heterocycles. The lowest BCUT2D eigenvalue weighted by atomic mass is 9.98. The summed E-state index contributed by atoms with van der Waals surface area (Å²) in [6.07, 6.45) is -1.17. The van der Waals surface area contributed by atoms with E-state index in [2.05, 4.69) is 5.32 Å². The van der Waals surface area contributed by atoms with E-state index in [4.69, 9.17) is 39.5 Å². The minimum atomic E-state index is -1.17. The number of hydrogen-bond donors (Lipinski definition) is 1. The number of ketones is 1. The number of anilines is 1. The van der Waals surface area contributed by atoms with Gasteiger partial charge in [0.25, 0.3) is 5.91 Å². The van der Waals surface area contributed by atoms with Crippen LogP contribution in [0.3, 0.4) is 0 Å². The van der Waals surface area contributed by atoms with Crippen LogP contribution in [0.25, 0.3) is 0 Å². The van der Waals surface area contributed by atoms with Gasteiger partial charge in [-0.05, 0) is 25.1 Å². The summed E-state index contributed by atoms with van der Waals surface area (Å²) in [5.74, 6) is -1.75. The summed E-state index contributed by atoms with van der Waals surface area (Å²) >= 11 is 17.9. The Bertz CT molecular complexity index is 1150. The number of halogens is 3. The Labute approximate surface area is 193 Å². The van der Waals surface area contributed by atoms with Gasteiger partial charge in [0, 0.05) is 11.1 Å². The molecule has 3 aromatic rings. The summed E-state index contributed by atoms with van der Waals surface area (Å²) in [6.45, 7) is 1.40. The smallest absolute Gasteiger partial charge is 0.339 e. The van der Waals surface area contributed by atoms with Gasteiger partial charge in [0.1, 0.15) is 0 Å². The predicted molar refractivity (Wildman–Crippen MR) is 121 cm³/mol. The molecule has 0 bridgehead atoms. The quantitative estimate of drug-likeness (QED) is 0.266. The molecule has 31 heavy (non-hydrogen) atoms. The summed E-state index contributed by atoms with van der Waals surface area (Å²) in [5, 5.41) is 3.17. The summed E-state index contributed by atoms with van der Waals surface area (Å²) < 4.78 is 5.29. The standard InChI is InChI=1S/C23H16Cl3NO4/c1-13(22(29)27-20-12-18(25)17(24)11-19(20)26)31-23(30)16-10-6-5-9-15(16)21(28)14-7-3-2-4-8-14/h2-13H,1H3,(H,27,29). The summed E-state index contributed by atoms with van der Waals surface area (Å²) in [5.41, 5.74) is 0.897. The SMILES string of the molecule is CC(OC(=O)c1ccccc1C(=O)c1ccccc1)C(=O)Nc1cc(Cl)c(Cl)cc1Cl. The van der Waals surface area contributed by atoms with Crippen molar-refractivity contribution in [1.82, 2.24) is 0 Å². The predicted octanol–water partition coefficient (Wildman–Crippen LogP) is 6.06. The Balaban J connectivity index is 1.75. The zero-order valence-electron chi connectivity index (χ0n) is 16.2. The normalized spacial score (nSPS) is 11.5. The molecule has 5 nitrogen and oxygen atoms in total. The average Bonchev–Trinajstić information content (AvgIpc) is 2.77. The number of carbonyl (C=O) groups is 3. The maximum Gasteiger partial charge on any atom is 0.339 e. The van der Waals surface area contributed by atoms with Crippen molar-refractivity contribution in [2.75, 3.05) is 5.32 Å². The van der Waals surface area contributed by atoms with Crippen molar-refractivity contribution in [3.05, 3.63) is 98.5 Å². The number of carbonyl (C=O) groups excluding carboxylic acids is 3. The number of ether oxygens (including phenoxy) is 1. The topological polar surface area (TPSA) is 72.5 Å². The minimum absolute atomic E-state index is 0.0589. The van der Waals surface area contributed by atoms with E-state index in [0.717, 1.165) is 0 Å². The van der Waals surface area contributed by atoms with Crippen LogP contribution in [-0.2, 0) is 9.53 Å². The molecule has 1 N–H and O–H groups in total. The Morgan fingerprint density at radius 3 is 2.06 bits per heavy atom. The summed E-state index contributed by atoms with van der Waals surface area (Å²) in [6, 6.07) is 17.6. The molecular weight excluding hydrogens is 461 g/mol. The van der Waals surface area contributed by atoms with Crippen LogP contribution in [0.15, 0.2) is 66.7 Å². The lowest BCUT2D eigenvalue weighted by Crippen LogP contribution is -2.30. The van der Waals surface area contributed by atoms with Gasteiger partial charge in [0.15, 0.2) is 11.9 Å². The molecule has 0 aliphatic heterocycles. The van der Waals surface area contributed by atoms with Gasteiger partial charge in [0.05, 0.1) is 26.3 Å². The Hall–Kier alpha value is -2.86. The highest BCUT2D eigenvalue weighted by atomic mass is 35.5. The van der Waals surface area contributed by atoms with Crippen molar-refractivity contribution >= 4 is 58.1 Å². The van der Waals surface area contributed by atoms with Gasteiger partial charge in [-0.15, -0.1) is 0 Å². The lowest BCUT2D eigenvalue weighted by molar-refractivity contribution is -0.123. The van der Waals surface area contributed by atoms with Crippen LogP contribution in [0.2, 0.25) is 15.1 Å². The molecule has 0 aromatic heterocycles. The third kappa shape index (κ3) is 5.44. The second kappa shape index (κ2) is 9.96. The first-order chi connectivity index (χ1) is 14.8. The number of amides is 1. The van der Waals surface area contributed by atoms with Crippen LogP contribution in [0, 0.1) is 0 Å². The van der Waals surface area contributed by atoms with E-state index < -0.39 is 18.0 Å². The molecule has 0 aliphatic carbocycles. The molecule has 3 rings (SSSR count).